The second-order valence-corrected chi connectivity index (χ2v) is 20.7. The quantitative estimate of drug-likeness (QED) is 0.0880. The van der Waals surface area contributed by atoms with Crippen molar-refractivity contribution in [2.24, 2.45) is 23.0 Å². The fourth-order valence-electron chi connectivity index (χ4n) is 14.0. The number of aliphatic hydroxyl groups is 3. The Morgan fingerprint density at radius 1 is 1.03 bits per heavy atom. The maximum atomic E-state index is 15.4. The van der Waals surface area contributed by atoms with E-state index in [2.05, 4.69) is 32.2 Å². The largest absolute Gasteiger partial charge is 0.496 e. The van der Waals surface area contributed by atoms with Crippen LogP contribution in [-0.4, -0.2) is 151 Å². The van der Waals surface area contributed by atoms with Crippen LogP contribution in [0.15, 0.2) is 48.6 Å². The first kappa shape index (κ1) is 46.6. The number of nitrogens with one attached hydrogen (secondary N) is 2. The number of hydrogen-bond acceptors (Lipinski definition) is 13. The molecule has 0 radical (unpaired) electrons. The van der Waals surface area contributed by atoms with E-state index in [9.17, 15) is 24.9 Å². The van der Waals surface area contributed by atoms with Gasteiger partial charge in [0.05, 0.1) is 32.5 Å². The van der Waals surface area contributed by atoms with E-state index in [1.807, 2.05) is 76.1 Å². The van der Waals surface area contributed by atoms with E-state index in [0.29, 0.717) is 82.6 Å². The molecule has 6 heterocycles. The normalized spacial score (nSPS) is 34.9. The van der Waals surface area contributed by atoms with Gasteiger partial charge in [-0.3, -0.25) is 24.2 Å². The van der Waals surface area contributed by atoms with Gasteiger partial charge < -0.3 is 50.5 Å². The standard InChI is InChI=1S/C51H70N6O9/c1-8-47(62)26-31-27-50(46(61)65-7,40-33(16-21-56(28-31)29-47)32-14-10-11-15-36(32)54-40)35-24-34-37(25-38(35)64-6)55(5)43-49(34)18-22-57-20-12-17-48(9-2,42(49)57)44(59)51(43,63)45(60)53-19-13-23-66-41(58)39(52)30(3)4/h10-12,14-15,17,24-25,30-31,39,42-44,54,59,62-63H,8-9,13,16,18-23,26-29,52H2,1-7H3,(H,53,60)/t31?,39?,42?,43?,44-,47?,48-,49?,50+,51+/m1/s1. The molecule has 9 rings (SSSR count). The van der Waals surface area contributed by atoms with Crippen molar-refractivity contribution in [2.45, 2.75) is 119 Å². The number of aromatic nitrogens is 1. The molecule has 7 N–H and O–H groups in total. The molecule has 2 aromatic carbocycles. The number of nitrogens with two attached hydrogens (primary N) is 1. The molecule has 358 valence electrons. The number of methoxy groups -OCH3 is 2. The van der Waals surface area contributed by atoms with Crippen LogP contribution in [0.25, 0.3) is 10.9 Å². The lowest BCUT2D eigenvalue weighted by molar-refractivity contribution is -0.203. The Labute approximate surface area is 388 Å². The number of hydrogen-bond donors (Lipinski definition) is 6. The van der Waals surface area contributed by atoms with Crippen LogP contribution in [0.2, 0.25) is 0 Å². The first-order valence-electron chi connectivity index (χ1n) is 24.1. The Morgan fingerprint density at radius 2 is 1.80 bits per heavy atom. The average molecular weight is 911 g/mol. The van der Waals surface area contributed by atoms with Gasteiger partial charge in [-0.25, -0.2) is 0 Å². The van der Waals surface area contributed by atoms with E-state index in [1.165, 1.54) is 7.11 Å². The summed E-state index contributed by atoms with van der Waals surface area (Å²) in [5.74, 6) is -1.43. The summed E-state index contributed by atoms with van der Waals surface area (Å²) >= 11 is 0. The van der Waals surface area contributed by atoms with Crippen LogP contribution in [0.5, 0.6) is 5.75 Å². The van der Waals surface area contributed by atoms with Crippen molar-refractivity contribution in [1.29, 1.82) is 0 Å². The monoisotopic (exact) mass is 911 g/mol. The van der Waals surface area contributed by atoms with Crippen LogP contribution in [0, 0.1) is 17.3 Å². The van der Waals surface area contributed by atoms with E-state index in [0.717, 1.165) is 33.4 Å². The number of piperidine rings is 1. The lowest BCUT2D eigenvalue weighted by Gasteiger charge is -2.63. The van der Waals surface area contributed by atoms with Crippen molar-refractivity contribution < 1.29 is 43.9 Å². The lowest BCUT2D eigenvalue weighted by Crippen LogP contribution is -2.81. The number of anilines is 1. The number of esters is 2. The van der Waals surface area contributed by atoms with Crippen LogP contribution in [0.1, 0.15) is 88.6 Å². The molecular weight excluding hydrogens is 841 g/mol. The zero-order valence-electron chi connectivity index (χ0n) is 39.7. The number of aromatic amines is 1. The molecule has 1 aromatic heterocycles. The Balaban J connectivity index is 1.22. The summed E-state index contributed by atoms with van der Waals surface area (Å²) < 4.78 is 17.8. The van der Waals surface area contributed by atoms with Gasteiger partial charge in [0.15, 0.2) is 5.60 Å². The topological polar surface area (TPSA) is 203 Å². The molecule has 3 aromatic rings. The van der Waals surface area contributed by atoms with Crippen molar-refractivity contribution in [3.63, 3.8) is 0 Å². The van der Waals surface area contributed by atoms with E-state index < -0.39 is 63.5 Å². The number of nitrogens with zero attached hydrogens (tertiary/aromatic N) is 3. The van der Waals surface area contributed by atoms with E-state index >= 15 is 4.79 Å². The second kappa shape index (κ2) is 16.9. The number of ether oxygens (including phenoxy) is 3. The fourth-order valence-corrected chi connectivity index (χ4v) is 14.0. The molecule has 3 fully saturated rings. The Kier molecular flexibility index (Phi) is 11.9. The molecule has 66 heavy (non-hydrogen) atoms. The minimum absolute atomic E-state index is 0.0249. The number of H-pyrrole nitrogens is 1. The Morgan fingerprint density at radius 3 is 2.52 bits per heavy atom. The summed E-state index contributed by atoms with van der Waals surface area (Å²) in [6.45, 7) is 11.1. The van der Waals surface area contributed by atoms with Gasteiger partial charge in [-0.2, -0.15) is 0 Å². The molecule has 2 bridgehead atoms. The van der Waals surface area contributed by atoms with Crippen LogP contribution in [-0.2, 0) is 41.1 Å². The van der Waals surface area contributed by atoms with Crippen molar-refractivity contribution in [3.05, 3.63) is 70.9 Å². The van der Waals surface area contributed by atoms with Gasteiger partial charge in [0.25, 0.3) is 5.91 Å². The summed E-state index contributed by atoms with van der Waals surface area (Å²) in [7, 11) is 4.90. The van der Waals surface area contributed by atoms with Gasteiger partial charge in [0.1, 0.15) is 23.3 Å². The number of aliphatic hydroxyl groups excluding tert-OH is 1. The maximum absolute atomic E-state index is 15.4. The zero-order chi connectivity index (χ0) is 47.1. The number of likely N-dealkylation sites (N-methyl/N-ethyl adjacent to an activating group) is 1. The zero-order valence-corrected chi connectivity index (χ0v) is 39.7. The third-order valence-electron chi connectivity index (χ3n) is 17.0. The molecule has 15 nitrogen and oxygen atoms in total. The number of carbonyl (C=O) groups is 3. The third kappa shape index (κ3) is 6.61. The predicted molar refractivity (Wildman–Crippen MR) is 250 cm³/mol. The molecule has 1 aliphatic carbocycles. The summed E-state index contributed by atoms with van der Waals surface area (Å²) in [5, 5.41) is 42.3. The van der Waals surface area contributed by atoms with Crippen LogP contribution >= 0.6 is 0 Å². The molecule has 15 heteroatoms. The van der Waals surface area contributed by atoms with Crippen LogP contribution < -0.4 is 20.7 Å². The molecule has 5 aliphatic heterocycles. The minimum Gasteiger partial charge on any atom is -0.496 e. The van der Waals surface area contributed by atoms with Gasteiger partial charge in [-0.05, 0) is 86.6 Å². The van der Waals surface area contributed by atoms with Crippen molar-refractivity contribution >= 4 is 34.4 Å². The number of fused-ring (bicyclic) bond motifs is 6. The maximum Gasteiger partial charge on any atom is 0.323 e. The van der Waals surface area contributed by atoms with Gasteiger partial charge >= 0.3 is 11.9 Å². The number of rotatable bonds is 12. The molecule has 7 unspecified atom stereocenters. The molecule has 11 atom stereocenters. The van der Waals surface area contributed by atoms with E-state index in [-0.39, 0.29) is 37.5 Å². The predicted octanol–water partition coefficient (Wildman–Crippen LogP) is 3.28. The van der Waals surface area contributed by atoms with Gasteiger partial charge in [-0.1, -0.05) is 58.0 Å². The van der Waals surface area contributed by atoms with E-state index in [1.54, 1.807) is 7.11 Å². The Bertz CT molecular complexity index is 2420. The van der Waals surface area contributed by atoms with Gasteiger partial charge in [0.2, 0.25) is 0 Å². The molecular formula is C51H70N6O9. The van der Waals surface area contributed by atoms with Gasteiger partial charge in [0, 0.05) is 90.6 Å². The number of para-hydroxylation sites is 1. The number of amides is 1. The molecule has 6 aliphatic rings. The van der Waals surface area contributed by atoms with Crippen molar-refractivity contribution in [3.8, 4) is 5.75 Å². The minimum atomic E-state index is -2.33. The molecule has 1 spiro atoms. The summed E-state index contributed by atoms with van der Waals surface area (Å²) in [5.41, 5.74) is 4.19. The number of benzene rings is 2. The first-order valence-corrected chi connectivity index (χ1v) is 24.1. The molecule has 1 amide bonds. The van der Waals surface area contributed by atoms with Crippen molar-refractivity contribution in [1.82, 2.24) is 20.1 Å². The summed E-state index contributed by atoms with van der Waals surface area (Å²) in [6.07, 6.45) is 5.86. The van der Waals surface area contributed by atoms with Crippen LogP contribution in [0.4, 0.5) is 5.69 Å². The number of carbonyl (C=O) groups excluding carboxylic acids is 3. The highest BCUT2D eigenvalue weighted by atomic mass is 16.5. The summed E-state index contributed by atoms with van der Waals surface area (Å²) in [6, 6.07) is 10.2. The highest BCUT2D eigenvalue weighted by molar-refractivity contribution is 5.95. The van der Waals surface area contributed by atoms with Gasteiger partial charge in [-0.15, -0.1) is 0 Å². The highest BCUT2D eigenvalue weighted by Crippen LogP contribution is 2.67. The van der Waals surface area contributed by atoms with E-state index in [4.69, 9.17) is 19.9 Å². The molecule has 2 saturated heterocycles. The average Bonchev–Trinajstić information content (AvgIpc) is 3.98. The smallest absolute Gasteiger partial charge is 0.323 e. The Hall–Kier alpha value is -4.51. The summed E-state index contributed by atoms with van der Waals surface area (Å²) in [4.78, 5) is 53.3. The SMILES string of the molecule is CCC1(O)CC2CN(CCc3c([nH]c4ccccc34)[C@@](C(=O)OC)(c3cc4c(cc3OC)N(C)C3C45CCN4CC=C[C@](CC)(C45)[C@@H](O)[C@]3(O)C(=O)NCCCOC(=O)C(N)C(C)C)C2)C1. The first-order chi connectivity index (χ1) is 31.5. The third-order valence-corrected chi connectivity index (χ3v) is 17.0. The molecule has 1 saturated carbocycles. The second-order valence-electron chi connectivity index (χ2n) is 20.7. The lowest BCUT2D eigenvalue weighted by atomic mass is 9.47. The van der Waals surface area contributed by atoms with Crippen molar-refractivity contribution in [2.75, 3.05) is 72.0 Å². The fraction of sp³-hybridized carbons (Fsp3) is 0.627. The van der Waals surface area contributed by atoms with Crippen LogP contribution in [0.3, 0.4) is 0 Å². The highest BCUT2D eigenvalue weighted by Gasteiger charge is 2.78.